The summed E-state index contributed by atoms with van der Waals surface area (Å²) >= 11 is 7.48. The normalized spacial score (nSPS) is 17.8. The van der Waals surface area contributed by atoms with Crippen molar-refractivity contribution in [3.63, 3.8) is 0 Å². The van der Waals surface area contributed by atoms with Crippen LogP contribution in [0.2, 0.25) is 4.34 Å². The van der Waals surface area contributed by atoms with Gasteiger partial charge in [-0.2, -0.15) is 0 Å². The summed E-state index contributed by atoms with van der Waals surface area (Å²) in [7, 11) is 0. The molecule has 0 aliphatic carbocycles. The van der Waals surface area contributed by atoms with Crippen LogP contribution in [-0.2, 0) is 20.9 Å². The van der Waals surface area contributed by atoms with Gasteiger partial charge in [-0.1, -0.05) is 41.9 Å². The van der Waals surface area contributed by atoms with Crippen molar-refractivity contribution in [3.05, 3.63) is 57.2 Å². The molecule has 1 amide bonds. The van der Waals surface area contributed by atoms with E-state index in [9.17, 15) is 4.79 Å². The van der Waals surface area contributed by atoms with Gasteiger partial charge in [-0.15, -0.1) is 11.3 Å². The molecule has 1 saturated heterocycles. The Hall–Kier alpha value is -1.40. The molecule has 4 nitrogen and oxygen atoms in total. The summed E-state index contributed by atoms with van der Waals surface area (Å²) in [5.41, 5.74) is 0.211. The van der Waals surface area contributed by atoms with Gasteiger partial charge in [0.25, 0.3) is 5.91 Å². The highest BCUT2D eigenvalue weighted by molar-refractivity contribution is 7.16. The van der Waals surface area contributed by atoms with Crippen molar-refractivity contribution in [1.29, 1.82) is 0 Å². The highest BCUT2D eigenvalue weighted by atomic mass is 35.5. The number of halogens is 1. The summed E-state index contributed by atoms with van der Waals surface area (Å²) in [6.07, 6.45) is 1.12. The van der Waals surface area contributed by atoms with E-state index in [1.165, 1.54) is 11.3 Å². The van der Waals surface area contributed by atoms with E-state index in [4.69, 9.17) is 21.1 Å². The number of hydrogen-bond donors (Lipinski definition) is 1. The molecular weight excluding hydrogens is 358 g/mol. The number of carbonyl (C=O) groups is 1. The van der Waals surface area contributed by atoms with Crippen LogP contribution in [-0.4, -0.2) is 24.7 Å². The Morgan fingerprint density at radius 1 is 1.28 bits per heavy atom. The zero-order valence-corrected chi connectivity index (χ0v) is 15.7. The lowest BCUT2D eigenvalue weighted by molar-refractivity contribution is -0.164. The Labute approximate surface area is 157 Å². The monoisotopic (exact) mass is 379 g/mol. The first-order valence-corrected chi connectivity index (χ1v) is 9.60. The van der Waals surface area contributed by atoms with Crippen LogP contribution in [0.3, 0.4) is 0 Å². The zero-order valence-electron chi connectivity index (χ0n) is 14.2. The number of carbonyl (C=O) groups excluding carboxylic acids is 1. The molecular formula is C19H22ClNO3S. The van der Waals surface area contributed by atoms with Gasteiger partial charge in [-0.25, -0.2) is 0 Å². The van der Waals surface area contributed by atoms with Gasteiger partial charge in [-0.3, -0.25) is 4.79 Å². The van der Waals surface area contributed by atoms with E-state index in [2.05, 4.69) is 5.32 Å². The second kappa shape index (κ2) is 8.32. The maximum Gasteiger partial charge on any atom is 0.252 e. The third-order valence-electron chi connectivity index (χ3n) is 4.44. The molecule has 1 aromatic heterocycles. The van der Waals surface area contributed by atoms with Crippen molar-refractivity contribution in [2.45, 2.75) is 38.0 Å². The number of nitrogens with one attached hydrogen (secondary N) is 1. The van der Waals surface area contributed by atoms with Crippen LogP contribution in [0.4, 0.5) is 0 Å². The fourth-order valence-corrected chi connectivity index (χ4v) is 3.96. The van der Waals surface area contributed by atoms with Crippen molar-refractivity contribution >= 4 is 28.8 Å². The Morgan fingerprint density at radius 2 is 2.00 bits per heavy atom. The Balaban J connectivity index is 1.69. The smallest absolute Gasteiger partial charge is 0.252 e. The summed E-state index contributed by atoms with van der Waals surface area (Å²) in [6.45, 7) is 3.43. The third-order valence-corrected chi connectivity index (χ3v) is 5.85. The van der Waals surface area contributed by atoms with Gasteiger partial charge in [0.1, 0.15) is 0 Å². The summed E-state index contributed by atoms with van der Waals surface area (Å²) in [5.74, 6) is -0.0799. The van der Waals surface area contributed by atoms with Crippen LogP contribution < -0.4 is 5.32 Å². The first kappa shape index (κ1) is 18.4. The van der Waals surface area contributed by atoms with E-state index in [1.807, 2.05) is 49.4 Å². The molecule has 2 aromatic rings. The van der Waals surface area contributed by atoms with Crippen LogP contribution in [0.15, 0.2) is 42.5 Å². The van der Waals surface area contributed by atoms with E-state index in [0.29, 0.717) is 32.7 Å². The lowest BCUT2D eigenvalue weighted by atomic mass is 9.92. The van der Waals surface area contributed by atoms with E-state index in [0.717, 1.165) is 14.8 Å². The first-order chi connectivity index (χ1) is 12.1. The quantitative estimate of drug-likeness (QED) is 0.811. The van der Waals surface area contributed by atoms with Gasteiger partial charge in [0.15, 0.2) is 5.60 Å². The van der Waals surface area contributed by atoms with Crippen LogP contribution in [0.1, 0.15) is 36.2 Å². The summed E-state index contributed by atoms with van der Waals surface area (Å²) in [5, 5.41) is 3.09. The highest BCUT2D eigenvalue weighted by Crippen LogP contribution is 2.30. The first-order valence-electron chi connectivity index (χ1n) is 8.41. The predicted molar refractivity (Wildman–Crippen MR) is 99.9 cm³/mol. The molecule has 1 fully saturated rings. The summed E-state index contributed by atoms with van der Waals surface area (Å²) in [4.78, 5) is 14.0. The van der Waals surface area contributed by atoms with E-state index in [1.54, 1.807) is 0 Å². The molecule has 0 saturated carbocycles. The van der Waals surface area contributed by atoms with Crippen LogP contribution in [0.25, 0.3) is 0 Å². The van der Waals surface area contributed by atoms with Gasteiger partial charge >= 0.3 is 0 Å². The maximum absolute atomic E-state index is 13.0. The molecule has 0 bridgehead atoms. The molecule has 25 heavy (non-hydrogen) atoms. The second-order valence-electron chi connectivity index (χ2n) is 6.22. The summed E-state index contributed by atoms with van der Waals surface area (Å²) in [6, 6.07) is 13.6. The lowest BCUT2D eigenvalue weighted by Crippen LogP contribution is -2.52. The molecule has 2 heterocycles. The largest absolute Gasteiger partial charge is 0.381 e. The van der Waals surface area contributed by atoms with Crippen molar-refractivity contribution in [2.75, 3.05) is 13.2 Å². The molecule has 0 spiro atoms. The topological polar surface area (TPSA) is 47.6 Å². The van der Waals surface area contributed by atoms with Gasteiger partial charge in [-0.05, 0) is 24.6 Å². The van der Waals surface area contributed by atoms with Crippen molar-refractivity contribution in [2.24, 2.45) is 0 Å². The fourth-order valence-electron chi connectivity index (χ4n) is 2.89. The molecule has 0 radical (unpaired) electrons. The minimum absolute atomic E-state index is 0.0799. The molecule has 1 atom stereocenters. The molecule has 1 aliphatic rings. The molecule has 6 heteroatoms. The van der Waals surface area contributed by atoms with Gasteiger partial charge in [0.05, 0.1) is 17.0 Å². The maximum atomic E-state index is 13.0. The van der Waals surface area contributed by atoms with E-state index < -0.39 is 5.60 Å². The third kappa shape index (κ3) is 4.61. The van der Waals surface area contributed by atoms with E-state index in [-0.39, 0.29) is 11.9 Å². The van der Waals surface area contributed by atoms with Crippen LogP contribution in [0.5, 0.6) is 0 Å². The van der Waals surface area contributed by atoms with Crippen molar-refractivity contribution < 1.29 is 14.3 Å². The number of benzene rings is 1. The van der Waals surface area contributed by atoms with Crippen LogP contribution >= 0.6 is 22.9 Å². The number of amides is 1. The predicted octanol–water partition coefficient (Wildman–Crippen LogP) is 4.34. The zero-order chi connectivity index (χ0) is 17.7. The molecule has 0 unspecified atom stereocenters. The molecule has 3 rings (SSSR count). The van der Waals surface area contributed by atoms with Crippen molar-refractivity contribution in [1.82, 2.24) is 5.32 Å². The number of ether oxygens (including phenoxy) is 2. The molecule has 1 aromatic carbocycles. The number of hydrogen-bond acceptors (Lipinski definition) is 4. The Bertz CT molecular complexity index is 698. The number of thiophene rings is 1. The SMILES string of the molecule is C[C@H](NC(=O)C1(OCc2ccccc2)CCOCC1)c1ccc(Cl)s1. The average molecular weight is 380 g/mol. The van der Waals surface area contributed by atoms with Crippen molar-refractivity contribution in [3.8, 4) is 0 Å². The Kier molecular flexibility index (Phi) is 6.12. The van der Waals surface area contributed by atoms with E-state index >= 15 is 0 Å². The highest BCUT2D eigenvalue weighted by Gasteiger charge is 2.41. The minimum Gasteiger partial charge on any atom is -0.381 e. The van der Waals surface area contributed by atoms with Gasteiger partial charge < -0.3 is 14.8 Å². The second-order valence-corrected chi connectivity index (χ2v) is 7.96. The number of rotatable bonds is 6. The fraction of sp³-hybridized carbons (Fsp3) is 0.421. The molecule has 134 valence electrons. The minimum atomic E-state index is -0.844. The van der Waals surface area contributed by atoms with Crippen LogP contribution in [0, 0.1) is 0 Å². The summed E-state index contributed by atoms with van der Waals surface area (Å²) < 4.78 is 12.3. The average Bonchev–Trinajstić information content (AvgIpc) is 3.08. The van der Waals surface area contributed by atoms with Gasteiger partial charge in [0.2, 0.25) is 0 Å². The molecule has 1 aliphatic heterocycles. The molecule has 1 N–H and O–H groups in total. The Morgan fingerprint density at radius 3 is 2.64 bits per heavy atom. The standard InChI is InChI=1S/C19H22ClNO3S/c1-14(16-7-8-17(20)25-16)21-18(22)19(9-11-23-12-10-19)24-13-15-5-3-2-4-6-15/h2-8,14H,9-13H2,1H3,(H,21,22)/t14-/m0/s1. The lowest BCUT2D eigenvalue weighted by Gasteiger charge is -2.36. The van der Waals surface area contributed by atoms with Gasteiger partial charge in [0, 0.05) is 30.9 Å².